The molecule has 2 heterocycles. The lowest BCUT2D eigenvalue weighted by Crippen LogP contribution is -2.48. The van der Waals surface area contributed by atoms with E-state index in [1.165, 1.54) is 0 Å². The lowest BCUT2D eigenvalue weighted by atomic mass is 10.1. The van der Waals surface area contributed by atoms with Crippen LogP contribution in [0.15, 0.2) is 46.4 Å². The van der Waals surface area contributed by atoms with Crippen LogP contribution in [0.25, 0.3) is 11.4 Å². The van der Waals surface area contributed by atoms with Crippen molar-refractivity contribution in [2.24, 2.45) is 4.99 Å². The van der Waals surface area contributed by atoms with Crippen molar-refractivity contribution in [3.05, 3.63) is 47.8 Å². The van der Waals surface area contributed by atoms with Crippen molar-refractivity contribution in [1.82, 2.24) is 25.7 Å². The molecule has 1 aliphatic heterocycles. The van der Waals surface area contributed by atoms with Crippen LogP contribution in [0, 0.1) is 0 Å². The molecule has 1 aromatic heterocycles. The van der Waals surface area contributed by atoms with E-state index in [0.717, 1.165) is 50.5 Å². The van der Waals surface area contributed by atoms with Crippen LogP contribution in [-0.2, 0) is 6.42 Å². The van der Waals surface area contributed by atoms with Crippen LogP contribution in [0.5, 0.6) is 0 Å². The molecule has 1 aliphatic rings. The number of nitrogens with one attached hydrogen (secondary N) is 2. The van der Waals surface area contributed by atoms with E-state index in [0.29, 0.717) is 35.7 Å². The van der Waals surface area contributed by atoms with Gasteiger partial charge in [-0.25, -0.2) is 0 Å². The fourth-order valence-electron chi connectivity index (χ4n) is 3.29. The van der Waals surface area contributed by atoms with Gasteiger partial charge in [0.15, 0.2) is 5.96 Å². The fourth-order valence-corrected chi connectivity index (χ4v) is 3.42. The maximum Gasteiger partial charge on any atom is 0.228 e. The van der Waals surface area contributed by atoms with Crippen molar-refractivity contribution >= 4 is 41.5 Å². The molecular formula is C21H30ClIN6O. The summed E-state index contributed by atoms with van der Waals surface area (Å²) in [5, 5.41) is 11.6. The number of halogens is 2. The lowest BCUT2D eigenvalue weighted by Gasteiger charge is -2.32. The molecule has 0 radical (unpaired) electrons. The molecular weight excluding hydrogens is 515 g/mol. The van der Waals surface area contributed by atoms with Crippen LogP contribution in [0.1, 0.15) is 25.7 Å². The molecule has 0 saturated carbocycles. The summed E-state index contributed by atoms with van der Waals surface area (Å²) in [4.78, 5) is 11.5. The summed E-state index contributed by atoms with van der Waals surface area (Å²) in [5.74, 6) is 1.98. The van der Waals surface area contributed by atoms with Crippen LogP contribution < -0.4 is 10.6 Å². The second kappa shape index (κ2) is 12.9. The molecule has 0 spiro atoms. The number of guanidine groups is 1. The molecule has 1 saturated heterocycles. The predicted octanol–water partition coefficient (Wildman–Crippen LogP) is 3.76. The second-order valence-corrected chi connectivity index (χ2v) is 7.47. The average Bonchev–Trinajstić information content (AvgIpc) is 3.19. The molecule has 0 aliphatic carbocycles. The number of benzene rings is 1. The van der Waals surface area contributed by atoms with Crippen LogP contribution in [-0.4, -0.2) is 59.8 Å². The van der Waals surface area contributed by atoms with Crippen LogP contribution in [0.2, 0.25) is 5.02 Å². The Morgan fingerprint density at radius 1 is 1.33 bits per heavy atom. The van der Waals surface area contributed by atoms with E-state index in [1.54, 1.807) is 0 Å². The van der Waals surface area contributed by atoms with Gasteiger partial charge in [-0.05, 0) is 44.0 Å². The molecule has 164 valence electrons. The SMILES string of the molecule is C=CCN1CCC(NC(=NCCc2nc(-c3ccc(Cl)cc3)no2)NCC)CC1.I. The van der Waals surface area contributed by atoms with Crippen molar-refractivity contribution in [1.29, 1.82) is 0 Å². The number of hydrogen-bond donors (Lipinski definition) is 2. The smallest absolute Gasteiger partial charge is 0.228 e. The van der Waals surface area contributed by atoms with Gasteiger partial charge in [0.05, 0.1) is 6.54 Å². The van der Waals surface area contributed by atoms with Crippen LogP contribution >= 0.6 is 35.6 Å². The van der Waals surface area contributed by atoms with Gasteiger partial charge in [0.2, 0.25) is 11.7 Å². The van der Waals surface area contributed by atoms with Gasteiger partial charge in [-0.1, -0.05) is 22.8 Å². The molecule has 1 fully saturated rings. The van der Waals surface area contributed by atoms with Gasteiger partial charge in [0, 0.05) is 49.2 Å². The minimum atomic E-state index is 0. The summed E-state index contributed by atoms with van der Waals surface area (Å²) < 4.78 is 5.36. The number of piperidine rings is 1. The highest BCUT2D eigenvalue weighted by Crippen LogP contribution is 2.18. The molecule has 30 heavy (non-hydrogen) atoms. The average molecular weight is 545 g/mol. The van der Waals surface area contributed by atoms with Crippen molar-refractivity contribution in [2.45, 2.75) is 32.2 Å². The first kappa shape index (κ1) is 24.6. The molecule has 0 unspecified atom stereocenters. The van der Waals surface area contributed by atoms with Crippen molar-refractivity contribution < 1.29 is 4.52 Å². The quantitative estimate of drug-likeness (QED) is 0.228. The van der Waals surface area contributed by atoms with Gasteiger partial charge in [-0.15, -0.1) is 30.6 Å². The summed E-state index contributed by atoms with van der Waals surface area (Å²) in [5.41, 5.74) is 0.880. The van der Waals surface area contributed by atoms with E-state index in [9.17, 15) is 0 Å². The lowest BCUT2D eigenvalue weighted by molar-refractivity contribution is 0.225. The molecule has 0 bridgehead atoms. The number of aliphatic imine (C=N–C) groups is 1. The molecule has 9 heteroatoms. The van der Waals surface area contributed by atoms with Gasteiger partial charge < -0.3 is 15.2 Å². The van der Waals surface area contributed by atoms with Gasteiger partial charge in [0.1, 0.15) is 0 Å². The summed E-state index contributed by atoms with van der Waals surface area (Å²) in [6.45, 7) is 10.4. The highest BCUT2D eigenvalue weighted by molar-refractivity contribution is 14.0. The molecule has 3 rings (SSSR count). The molecule has 0 atom stereocenters. The third kappa shape index (κ3) is 7.55. The third-order valence-electron chi connectivity index (χ3n) is 4.83. The summed E-state index contributed by atoms with van der Waals surface area (Å²) in [6, 6.07) is 7.82. The number of hydrogen-bond acceptors (Lipinski definition) is 5. The monoisotopic (exact) mass is 544 g/mol. The minimum absolute atomic E-state index is 0. The second-order valence-electron chi connectivity index (χ2n) is 7.04. The van der Waals surface area contributed by atoms with Crippen molar-refractivity contribution in [2.75, 3.05) is 32.7 Å². The normalized spacial score (nSPS) is 15.5. The summed E-state index contributed by atoms with van der Waals surface area (Å²) >= 11 is 5.92. The molecule has 1 aromatic carbocycles. The van der Waals surface area contributed by atoms with Crippen molar-refractivity contribution in [3.8, 4) is 11.4 Å². The Labute approximate surface area is 200 Å². The highest BCUT2D eigenvalue weighted by atomic mass is 127. The summed E-state index contributed by atoms with van der Waals surface area (Å²) in [7, 11) is 0. The Morgan fingerprint density at radius 3 is 2.73 bits per heavy atom. The first-order chi connectivity index (χ1) is 14.2. The predicted molar refractivity (Wildman–Crippen MR) is 133 cm³/mol. The summed E-state index contributed by atoms with van der Waals surface area (Å²) in [6.07, 6.45) is 4.77. The van der Waals surface area contributed by atoms with Crippen molar-refractivity contribution in [3.63, 3.8) is 0 Å². The first-order valence-corrected chi connectivity index (χ1v) is 10.5. The van der Waals surface area contributed by atoms with Gasteiger partial charge in [-0.3, -0.25) is 9.89 Å². The zero-order chi connectivity index (χ0) is 20.5. The topological polar surface area (TPSA) is 78.6 Å². The van der Waals surface area contributed by atoms with Gasteiger partial charge >= 0.3 is 0 Å². The van der Waals surface area contributed by atoms with Crippen LogP contribution in [0.3, 0.4) is 0 Å². The number of rotatable bonds is 8. The van der Waals surface area contributed by atoms with Gasteiger partial charge in [-0.2, -0.15) is 4.98 Å². The Morgan fingerprint density at radius 2 is 2.07 bits per heavy atom. The standard InChI is InChI=1S/C21H29ClN6O.HI/c1-3-13-28-14-10-18(11-15-28)25-21(23-4-2)24-12-9-19-26-20(27-29-19)16-5-7-17(22)8-6-16;/h3,5-8,18H,1,4,9-15H2,2H3,(H2,23,24,25);1H. The number of nitrogens with zero attached hydrogens (tertiary/aromatic N) is 4. The van der Waals surface area contributed by atoms with Gasteiger partial charge in [0.25, 0.3) is 0 Å². The van der Waals surface area contributed by atoms with E-state index in [-0.39, 0.29) is 24.0 Å². The highest BCUT2D eigenvalue weighted by Gasteiger charge is 2.19. The fraction of sp³-hybridized carbons (Fsp3) is 0.476. The van der Waals surface area contributed by atoms with Crippen LogP contribution in [0.4, 0.5) is 0 Å². The molecule has 2 N–H and O–H groups in total. The first-order valence-electron chi connectivity index (χ1n) is 10.1. The maximum absolute atomic E-state index is 5.92. The van der Waals surface area contributed by atoms with E-state index in [1.807, 2.05) is 30.3 Å². The largest absolute Gasteiger partial charge is 0.357 e. The molecule has 7 nitrogen and oxygen atoms in total. The molecule has 0 amide bonds. The number of likely N-dealkylation sites (tertiary alicyclic amines) is 1. The Balaban J connectivity index is 0.00000320. The maximum atomic E-state index is 5.92. The zero-order valence-electron chi connectivity index (χ0n) is 17.3. The zero-order valence-corrected chi connectivity index (χ0v) is 20.4. The van der Waals surface area contributed by atoms with E-state index >= 15 is 0 Å². The third-order valence-corrected chi connectivity index (χ3v) is 5.08. The van der Waals surface area contributed by atoms with E-state index < -0.39 is 0 Å². The van der Waals surface area contributed by atoms with E-state index in [2.05, 4.69) is 44.2 Å². The Bertz CT molecular complexity index is 802. The number of aromatic nitrogens is 2. The minimum Gasteiger partial charge on any atom is -0.357 e. The van der Waals surface area contributed by atoms with E-state index in [4.69, 9.17) is 16.1 Å². The molecule has 2 aromatic rings. The Kier molecular flexibility index (Phi) is 10.6. The Hall–Kier alpha value is -1.65.